The second kappa shape index (κ2) is 7.90. The van der Waals surface area contributed by atoms with Crippen LogP contribution in [0.3, 0.4) is 0 Å². The van der Waals surface area contributed by atoms with Crippen LogP contribution in [0.5, 0.6) is 0 Å². The maximum atomic E-state index is 12.1. The van der Waals surface area contributed by atoms with Crippen molar-refractivity contribution in [3.8, 4) is 11.3 Å². The second-order valence-electron chi connectivity index (χ2n) is 8.38. The molecule has 2 aliphatic rings. The molecule has 0 radical (unpaired) electrons. The van der Waals surface area contributed by atoms with Crippen molar-refractivity contribution in [3.63, 3.8) is 0 Å². The van der Waals surface area contributed by atoms with E-state index < -0.39 is 0 Å². The van der Waals surface area contributed by atoms with Crippen molar-refractivity contribution in [2.24, 2.45) is 0 Å². The predicted octanol–water partition coefficient (Wildman–Crippen LogP) is 3.50. The highest BCUT2D eigenvalue weighted by molar-refractivity contribution is 6.01. The summed E-state index contributed by atoms with van der Waals surface area (Å²) in [5, 5.41) is 3.44. The fourth-order valence-corrected chi connectivity index (χ4v) is 4.47. The van der Waals surface area contributed by atoms with E-state index in [1.54, 1.807) is 11.1 Å². The minimum absolute atomic E-state index is 0.114. The average Bonchev–Trinajstić information content (AvgIpc) is 3.44. The average molecular weight is 441 g/mol. The van der Waals surface area contributed by atoms with E-state index in [-0.39, 0.29) is 5.91 Å². The molecule has 1 amide bonds. The Labute approximate surface area is 191 Å². The fraction of sp³-hybridized carbons (Fsp3) is 0.240. The van der Waals surface area contributed by atoms with Crippen molar-refractivity contribution in [1.29, 1.82) is 0 Å². The first-order chi connectivity index (χ1) is 16.2. The Bertz CT molecular complexity index is 1340. The van der Waals surface area contributed by atoms with Crippen LogP contribution in [0.4, 0.5) is 22.9 Å². The molecule has 166 valence electrons. The van der Waals surface area contributed by atoms with Gasteiger partial charge in [-0.25, -0.2) is 9.97 Å². The summed E-state index contributed by atoms with van der Waals surface area (Å²) in [5.41, 5.74) is 6.64. The van der Waals surface area contributed by atoms with E-state index >= 15 is 0 Å². The molecule has 1 N–H and O–H groups in total. The SMILES string of the molecule is CN1C(=O)Cc2ccc(-c3cn4ccnc4c(Nc4ccc(N5CCOCC5)cc4)n3)cc21. The predicted molar refractivity (Wildman–Crippen MR) is 128 cm³/mol. The molecule has 2 aromatic heterocycles. The highest BCUT2D eigenvalue weighted by atomic mass is 16.5. The van der Waals surface area contributed by atoms with Gasteiger partial charge in [-0.3, -0.25) is 4.79 Å². The molecule has 33 heavy (non-hydrogen) atoms. The summed E-state index contributed by atoms with van der Waals surface area (Å²) in [4.78, 5) is 25.5. The smallest absolute Gasteiger partial charge is 0.231 e. The molecule has 0 unspecified atom stereocenters. The van der Waals surface area contributed by atoms with Crippen LogP contribution in [0, 0.1) is 0 Å². The van der Waals surface area contributed by atoms with Gasteiger partial charge in [0, 0.05) is 61.4 Å². The number of carbonyl (C=O) groups is 1. The number of benzene rings is 2. The molecule has 4 aromatic rings. The normalized spacial score (nSPS) is 15.8. The maximum Gasteiger partial charge on any atom is 0.231 e. The first-order valence-corrected chi connectivity index (χ1v) is 11.1. The van der Waals surface area contributed by atoms with Crippen LogP contribution < -0.4 is 15.1 Å². The van der Waals surface area contributed by atoms with Gasteiger partial charge in [-0.15, -0.1) is 0 Å². The number of amides is 1. The first kappa shape index (κ1) is 19.8. The number of aromatic nitrogens is 3. The Morgan fingerprint density at radius 1 is 1.06 bits per heavy atom. The number of morpholine rings is 1. The van der Waals surface area contributed by atoms with Crippen LogP contribution in [0.1, 0.15) is 5.56 Å². The summed E-state index contributed by atoms with van der Waals surface area (Å²) in [6.45, 7) is 3.35. The van der Waals surface area contributed by atoms with E-state index in [2.05, 4.69) is 39.5 Å². The Kier molecular flexibility index (Phi) is 4.73. The van der Waals surface area contributed by atoms with Crippen molar-refractivity contribution in [2.45, 2.75) is 6.42 Å². The number of nitrogens with zero attached hydrogens (tertiary/aromatic N) is 5. The molecule has 2 aliphatic heterocycles. The topological polar surface area (TPSA) is 75.0 Å². The summed E-state index contributed by atoms with van der Waals surface area (Å²) < 4.78 is 7.42. The number of imidazole rings is 1. The number of carbonyl (C=O) groups excluding carboxylic acids is 1. The Morgan fingerprint density at radius 3 is 2.70 bits per heavy atom. The molecule has 8 heteroatoms. The van der Waals surface area contributed by atoms with Gasteiger partial charge in [0.05, 0.1) is 25.3 Å². The number of hydrogen-bond donors (Lipinski definition) is 1. The number of likely N-dealkylation sites (N-methyl/N-ethyl adjacent to an activating group) is 1. The summed E-state index contributed by atoms with van der Waals surface area (Å²) in [7, 11) is 1.82. The number of hydrogen-bond acceptors (Lipinski definition) is 6. The Hall–Kier alpha value is -3.91. The van der Waals surface area contributed by atoms with Crippen LogP contribution >= 0.6 is 0 Å². The van der Waals surface area contributed by atoms with E-state index in [4.69, 9.17) is 9.72 Å². The molecule has 0 aliphatic carbocycles. The lowest BCUT2D eigenvalue weighted by molar-refractivity contribution is -0.117. The first-order valence-electron chi connectivity index (χ1n) is 11.1. The van der Waals surface area contributed by atoms with Crippen LogP contribution in [0.15, 0.2) is 61.1 Å². The second-order valence-corrected chi connectivity index (χ2v) is 8.38. The number of fused-ring (bicyclic) bond motifs is 2. The molecule has 2 aromatic carbocycles. The monoisotopic (exact) mass is 440 g/mol. The van der Waals surface area contributed by atoms with Gasteiger partial charge >= 0.3 is 0 Å². The fourth-order valence-electron chi connectivity index (χ4n) is 4.47. The quantitative estimate of drug-likeness (QED) is 0.524. The molecule has 1 saturated heterocycles. The summed E-state index contributed by atoms with van der Waals surface area (Å²) in [5.74, 6) is 0.796. The third-order valence-electron chi connectivity index (χ3n) is 6.34. The summed E-state index contributed by atoms with van der Waals surface area (Å²) >= 11 is 0. The molecule has 4 heterocycles. The van der Waals surface area contributed by atoms with Gasteiger partial charge in [0.25, 0.3) is 0 Å². The van der Waals surface area contributed by atoms with Crippen molar-refractivity contribution >= 4 is 34.4 Å². The number of rotatable bonds is 4. The van der Waals surface area contributed by atoms with Gasteiger partial charge in [0.1, 0.15) is 0 Å². The molecule has 0 spiro atoms. The highest BCUT2D eigenvalue weighted by Gasteiger charge is 2.24. The molecule has 0 atom stereocenters. The van der Waals surface area contributed by atoms with E-state index in [1.165, 1.54) is 5.69 Å². The van der Waals surface area contributed by atoms with Crippen LogP contribution in [-0.2, 0) is 16.0 Å². The van der Waals surface area contributed by atoms with Crippen molar-refractivity contribution in [1.82, 2.24) is 14.4 Å². The Balaban J connectivity index is 1.32. The largest absolute Gasteiger partial charge is 0.378 e. The lowest BCUT2D eigenvalue weighted by Gasteiger charge is -2.28. The van der Waals surface area contributed by atoms with Crippen LogP contribution in [-0.4, -0.2) is 53.6 Å². The Morgan fingerprint density at radius 2 is 1.88 bits per heavy atom. The lowest BCUT2D eigenvalue weighted by atomic mass is 10.1. The molecule has 0 saturated carbocycles. The molecule has 1 fully saturated rings. The number of anilines is 4. The molecule has 8 nitrogen and oxygen atoms in total. The third kappa shape index (κ3) is 3.58. The van der Waals surface area contributed by atoms with E-state index in [1.807, 2.05) is 42.0 Å². The van der Waals surface area contributed by atoms with Gasteiger partial charge in [0.15, 0.2) is 11.5 Å². The molecular formula is C25H24N6O2. The van der Waals surface area contributed by atoms with E-state index in [9.17, 15) is 4.79 Å². The zero-order valence-corrected chi connectivity index (χ0v) is 18.4. The number of ether oxygens (including phenoxy) is 1. The zero-order chi connectivity index (χ0) is 22.4. The molecular weight excluding hydrogens is 416 g/mol. The van der Waals surface area contributed by atoms with Crippen LogP contribution in [0.2, 0.25) is 0 Å². The standard InChI is InChI=1S/C25H24N6O2/c1-29-22-14-17(2-3-18(22)15-23(29)32)21-16-31-9-8-26-25(31)24(28-21)27-19-4-6-20(7-5-19)30-10-12-33-13-11-30/h2-9,14,16H,10-13,15H2,1H3,(H,27,28). The zero-order valence-electron chi connectivity index (χ0n) is 18.4. The van der Waals surface area contributed by atoms with Crippen molar-refractivity contribution < 1.29 is 9.53 Å². The lowest BCUT2D eigenvalue weighted by Crippen LogP contribution is -2.36. The maximum absolute atomic E-state index is 12.1. The third-order valence-corrected chi connectivity index (χ3v) is 6.34. The van der Waals surface area contributed by atoms with Gasteiger partial charge < -0.3 is 24.3 Å². The van der Waals surface area contributed by atoms with Crippen LogP contribution in [0.25, 0.3) is 16.9 Å². The van der Waals surface area contributed by atoms with Crippen molar-refractivity contribution in [3.05, 3.63) is 66.6 Å². The minimum atomic E-state index is 0.114. The highest BCUT2D eigenvalue weighted by Crippen LogP contribution is 2.33. The van der Waals surface area contributed by atoms with E-state index in [0.29, 0.717) is 12.2 Å². The van der Waals surface area contributed by atoms with Crippen molar-refractivity contribution in [2.75, 3.05) is 48.5 Å². The molecule has 6 rings (SSSR count). The van der Waals surface area contributed by atoms with Gasteiger partial charge in [0.2, 0.25) is 5.91 Å². The van der Waals surface area contributed by atoms with E-state index in [0.717, 1.165) is 60.1 Å². The summed E-state index contributed by atoms with van der Waals surface area (Å²) in [6.07, 6.45) is 6.10. The van der Waals surface area contributed by atoms with Gasteiger partial charge in [-0.2, -0.15) is 0 Å². The number of nitrogens with one attached hydrogen (secondary N) is 1. The molecule has 0 bridgehead atoms. The minimum Gasteiger partial charge on any atom is -0.378 e. The van der Waals surface area contributed by atoms with Gasteiger partial charge in [-0.1, -0.05) is 12.1 Å². The summed E-state index contributed by atoms with van der Waals surface area (Å²) in [6, 6.07) is 14.4. The van der Waals surface area contributed by atoms with Gasteiger partial charge in [-0.05, 0) is 35.9 Å².